The van der Waals surface area contributed by atoms with E-state index in [0.717, 1.165) is 23.1 Å². The van der Waals surface area contributed by atoms with Gasteiger partial charge < -0.3 is 10.1 Å². The Labute approximate surface area is 109 Å². The van der Waals surface area contributed by atoms with Crippen molar-refractivity contribution < 1.29 is 4.74 Å². The zero-order valence-corrected chi connectivity index (χ0v) is 11.3. The second kappa shape index (κ2) is 5.62. The molecule has 1 N–H and O–H groups in total. The highest BCUT2D eigenvalue weighted by Gasteiger charge is 2.13. The quantitative estimate of drug-likeness (QED) is 0.907. The normalized spacial score (nSPS) is 12.9. The summed E-state index contributed by atoms with van der Waals surface area (Å²) in [4.78, 5) is 0. The van der Waals surface area contributed by atoms with Crippen LogP contribution in [0.25, 0.3) is 11.0 Å². The molecular formula is C11H14ClN3OS. The minimum atomic E-state index is 0.227. The maximum Gasteiger partial charge on any atom is 0.129 e. The summed E-state index contributed by atoms with van der Waals surface area (Å²) in [6, 6.07) is 3.95. The van der Waals surface area contributed by atoms with Gasteiger partial charge in [0.05, 0.1) is 29.0 Å². The molecule has 4 nitrogen and oxygen atoms in total. The number of nitrogens with one attached hydrogen (secondary N) is 1. The molecule has 1 heterocycles. The highest BCUT2D eigenvalue weighted by atomic mass is 35.5. The molecule has 0 fully saturated rings. The number of fused-ring (bicyclic) bond motifs is 1. The fourth-order valence-corrected chi connectivity index (χ4v) is 2.38. The number of hydrogen-bond donors (Lipinski definition) is 1. The van der Waals surface area contributed by atoms with E-state index >= 15 is 0 Å². The molecular weight excluding hydrogens is 258 g/mol. The Morgan fingerprint density at radius 2 is 2.29 bits per heavy atom. The fraction of sp³-hybridized carbons (Fsp3) is 0.455. The SMILES string of the molecule is CCC(COC)Nc1c(Cl)ccc2nsnc12. The summed E-state index contributed by atoms with van der Waals surface area (Å²) in [6.45, 7) is 2.74. The van der Waals surface area contributed by atoms with Crippen molar-refractivity contribution in [3.63, 3.8) is 0 Å². The van der Waals surface area contributed by atoms with Gasteiger partial charge in [-0.25, -0.2) is 0 Å². The average molecular weight is 272 g/mol. The number of anilines is 1. The van der Waals surface area contributed by atoms with E-state index in [1.54, 1.807) is 7.11 Å². The van der Waals surface area contributed by atoms with Crippen molar-refractivity contribution >= 4 is 40.0 Å². The van der Waals surface area contributed by atoms with Crippen molar-refractivity contribution in [2.24, 2.45) is 0 Å². The van der Waals surface area contributed by atoms with E-state index in [0.29, 0.717) is 11.6 Å². The molecule has 2 aromatic rings. The molecule has 0 saturated heterocycles. The lowest BCUT2D eigenvalue weighted by molar-refractivity contribution is 0.184. The third-order valence-corrected chi connectivity index (χ3v) is 3.44. The van der Waals surface area contributed by atoms with E-state index in [-0.39, 0.29) is 6.04 Å². The van der Waals surface area contributed by atoms with Gasteiger partial charge in [-0.1, -0.05) is 18.5 Å². The Kier molecular flexibility index (Phi) is 4.15. The molecule has 1 atom stereocenters. The molecule has 0 aliphatic rings. The van der Waals surface area contributed by atoms with E-state index in [1.165, 1.54) is 11.7 Å². The molecule has 1 unspecified atom stereocenters. The zero-order valence-electron chi connectivity index (χ0n) is 9.74. The van der Waals surface area contributed by atoms with Crippen LogP contribution in [0.2, 0.25) is 5.02 Å². The van der Waals surface area contributed by atoms with Gasteiger partial charge in [0.2, 0.25) is 0 Å². The van der Waals surface area contributed by atoms with Crippen LogP contribution in [0.15, 0.2) is 12.1 Å². The van der Waals surface area contributed by atoms with E-state index in [9.17, 15) is 0 Å². The predicted molar refractivity (Wildman–Crippen MR) is 72.0 cm³/mol. The number of hydrogen-bond acceptors (Lipinski definition) is 5. The third kappa shape index (κ3) is 2.68. The molecule has 0 bridgehead atoms. The summed E-state index contributed by atoms with van der Waals surface area (Å²) in [5.41, 5.74) is 2.55. The van der Waals surface area contributed by atoms with Crippen LogP contribution in [-0.2, 0) is 4.74 Å². The van der Waals surface area contributed by atoms with Crippen molar-refractivity contribution in [1.29, 1.82) is 0 Å². The van der Waals surface area contributed by atoms with Crippen LogP contribution in [0.1, 0.15) is 13.3 Å². The van der Waals surface area contributed by atoms with Crippen LogP contribution in [0.4, 0.5) is 5.69 Å². The Balaban J connectivity index is 2.33. The smallest absolute Gasteiger partial charge is 0.129 e. The lowest BCUT2D eigenvalue weighted by Gasteiger charge is -2.18. The zero-order chi connectivity index (χ0) is 12.3. The van der Waals surface area contributed by atoms with E-state index in [2.05, 4.69) is 21.0 Å². The summed E-state index contributed by atoms with van der Waals surface area (Å²) in [7, 11) is 1.69. The van der Waals surface area contributed by atoms with Crippen LogP contribution in [0.5, 0.6) is 0 Å². The summed E-state index contributed by atoms with van der Waals surface area (Å²) in [5.74, 6) is 0. The Bertz CT molecular complexity index is 502. The van der Waals surface area contributed by atoms with Crippen LogP contribution in [0, 0.1) is 0 Å². The van der Waals surface area contributed by atoms with Crippen LogP contribution in [-0.4, -0.2) is 28.5 Å². The van der Waals surface area contributed by atoms with Crippen LogP contribution < -0.4 is 5.32 Å². The van der Waals surface area contributed by atoms with E-state index < -0.39 is 0 Å². The predicted octanol–water partition coefficient (Wildman–Crippen LogP) is 3.18. The first-order valence-corrected chi connectivity index (χ1v) is 6.53. The van der Waals surface area contributed by atoms with E-state index in [4.69, 9.17) is 16.3 Å². The van der Waals surface area contributed by atoms with E-state index in [1.807, 2.05) is 12.1 Å². The molecule has 6 heteroatoms. The number of halogens is 1. The lowest BCUT2D eigenvalue weighted by Crippen LogP contribution is -2.24. The van der Waals surface area contributed by atoms with Gasteiger partial charge in [0.25, 0.3) is 0 Å². The first-order valence-electron chi connectivity index (χ1n) is 5.42. The second-order valence-corrected chi connectivity index (χ2v) is 4.69. The minimum absolute atomic E-state index is 0.227. The fourth-order valence-electron chi connectivity index (χ4n) is 1.63. The molecule has 2 rings (SSSR count). The van der Waals surface area contributed by atoms with Gasteiger partial charge in [0.1, 0.15) is 11.0 Å². The van der Waals surface area contributed by atoms with Crippen molar-refractivity contribution in [2.45, 2.75) is 19.4 Å². The molecule has 17 heavy (non-hydrogen) atoms. The molecule has 0 saturated carbocycles. The first kappa shape index (κ1) is 12.5. The number of ether oxygens (including phenoxy) is 1. The van der Waals surface area contributed by atoms with Crippen LogP contribution >= 0.6 is 23.3 Å². The maximum atomic E-state index is 6.19. The average Bonchev–Trinajstić information content (AvgIpc) is 2.80. The van der Waals surface area contributed by atoms with Gasteiger partial charge >= 0.3 is 0 Å². The molecule has 1 aromatic heterocycles. The van der Waals surface area contributed by atoms with Gasteiger partial charge in [-0.15, -0.1) is 0 Å². The monoisotopic (exact) mass is 271 g/mol. The maximum absolute atomic E-state index is 6.19. The molecule has 0 spiro atoms. The summed E-state index contributed by atoms with van der Waals surface area (Å²) in [5, 5.41) is 4.04. The summed E-state index contributed by atoms with van der Waals surface area (Å²) >= 11 is 7.39. The minimum Gasteiger partial charge on any atom is -0.383 e. The first-order chi connectivity index (χ1) is 8.26. The Hall–Kier alpha value is -0.910. The molecule has 0 aliphatic heterocycles. The summed E-state index contributed by atoms with van der Waals surface area (Å²) in [6.07, 6.45) is 0.956. The summed E-state index contributed by atoms with van der Waals surface area (Å²) < 4.78 is 13.6. The largest absolute Gasteiger partial charge is 0.383 e. The molecule has 0 radical (unpaired) electrons. The molecule has 92 valence electrons. The topological polar surface area (TPSA) is 47.0 Å². The number of rotatable bonds is 5. The van der Waals surface area contributed by atoms with Gasteiger partial charge in [-0.2, -0.15) is 8.75 Å². The highest BCUT2D eigenvalue weighted by Crippen LogP contribution is 2.30. The number of nitrogens with zero attached hydrogens (tertiary/aromatic N) is 2. The number of benzene rings is 1. The van der Waals surface area contributed by atoms with Gasteiger partial charge in [-0.05, 0) is 18.6 Å². The second-order valence-electron chi connectivity index (χ2n) is 3.76. The van der Waals surface area contributed by atoms with Gasteiger partial charge in [0.15, 0.2) is 0 Å². The number of methoxy groups -OCH3 is 1. The van der Waals surface area contributed by atoms with Gasteiger partial charge in [0, 0.05) is 13.2 Å². The van der Waals surface area contributed by atoms with Crippen LogP contribution in [0.3, 0.4) is 0 Å². The number of aromatic nitrogens is 2. The van der Waals surface area contributed by atoms with Crippen molar-refractivity contribution in [3.8, 4) is 0 Å². The molecule has 1 aromatic carbocycles. The van der Waals surface area contributed by atoms with Crippen molar-refractivity contribution in [3.05, 3.63) is 17.2 Å². The Morgan fingerprint density at radius 3 is 3.00 bits per heavy atom. The standard InChI is InChI=1S/C11H14ClN3OS/c1-3-7(6-16-2)13-10-8(12)4-5-9-11(10)15-17-14-9/h4-5,7,13H,3,6H2,1-2H3. The molecule has 0 aliphatic carbocycles. The highest BCUT2D eigenvalue weighted by molar-refractivity contribution is 7.00. The Morgan fingerprint density at radius 1 is 1.47 bits per heavy atom. The lowest BCUT2D eigenvalue weighted by atomic mass is 10.2. The molecule has 0 amide bonds. The van der Waals surface area contributed by atoms with Crippen molar-refractivity contribution in [1.82, 2.24) is 8.75 Å². The third-order valence-electron chi connectivity index (χ3n) is 2.59. The van der Waals surface area contributed by atoms with Gasteiger partial charge in [-0.3, -0.25) is 0 Å². The van der Waals surface area contributed by atoms with Crippen molar-refractivity contribution in [2.75, 3.05) is 19.0 Å².